The zero-order valence-electron chi connectivity index (χ0n) is 9.93. The number of imidazole rings is 1. The lowest BCUT2D eigenvalue weighted by molar-refractivity contribution is 0.575. The van der Waals surface area contributed by atoms with Gasteiger partial charge in [-0.15, -0.1) is 0 Å². The molecular weight excluding hydrogens is 288 g/mol. The maximum absolute atomic E-state index is 12.5. The molecular formula is C11H12N2O4S2. The van der Waals surface area contributed by atoms with Crippen molar-refractivity contribution in [2.75, 3.05) is 11.5 Å². The third kappa shape index (κ3) is 2.04. The summed E-state index contributed by atoms with van der Waals surface area (Å²) < 4.78 is 48.9. The number of hydrogen-bond donors (Lipinski definition) is 0. The first-order valence-electron chi connectivity index (χ1n) is 5.77. The van der Waals surface area contributed by atoms with E-state index in [0.717, 1.165) is 3.97 Å². The van der Waals surface area contributed by atoms with Gasteiger partial charge in [0, 0.05) is 0 Å². The Kier molecular flexibility index (Phi) is 2.68. The minimum Gasteiger partial charge on any atom is -0.236 e. The van der Waals surface area contributed by atoms with Crippen molar-refractivity contribution in [3.63, 3.8) is 0 Å². The van der Waals surface area contributed by atoms with Gasteiger partial charge >= 0.3 is 0 Å². The largest absolute Gasteiger partial charge is 0.244 e. The molecule has 1 aliphatic heterocycles. The topological polar surface area (TPSA) is 86.1 Å². The van der Waals surface area contributed by atoms with Crippen molar-refractivity contribution in [2.45, 2.75) is 11.7 Å². The molecule has 8 heteroatoms. The van der Waals surface area contributed by atoms with Crippen LogP contribution in [0.2, 0.25) is 0 Å². The molecule has 2 aromatic rings. The molecule has 3 rings (SSSR count). The van der Waals surface area contributed by atoms with Crippen LogP contribution in [0.1, 0.15) is 6.42 Å². The molecule has 0 N–H and O–H groups in total. The first kappa shape index (κ1) is 12.6. The Morgan fingerprint density at radius 2 is 2.00 bits per heavy atom. The molecule has 102 valence electrons. The smallest absolute Gasteiger partial charge is 0.236 e. The molecule has 0 amide bonds. The monoisotopic (exact) mass is 300 g/mol. The maximum Gasteiger partial charge on any atom is 0.244 e. The van der Waals surface area contributed by atoms with Gasteiger partial charge in [-0.05, 0) is 18.6 Å². The van der Waals surface area contributed by atoms with E-state index in [1.165, 1.54) is 6.33 Å². The highest BCUT2D eigenvalue weighted by atomic mass is 32.2. The van der Waals surface area contributed by atoms with Gasteiger partial charge in [-0.1, -0.05) is 12.1 Å². The summed E-state index contributed by atoms with van der Waals surface area (Å²) in [6.45, 7) is 0. The fourth-order valence-corrected chi connectivity index (χ4v) is 6.64. The summed E-state index contributed by atoms with van der Waals surface area (Å²) >= 11 is 0. The number of para-hydroxylation sites is 2. The van der Waals surface area contributed by atoms with Crippen LogP contribution < -0.4 is 0 Å². The van der Waals surface area contributed by atoms with Crippen LogP contribution in [-0.4, -0.2) is 42.5 Å². The lowest BCUT2D eigenvalue weighted by atomic mass is 10.3. The van der Waals surface area contributed by atoms with E-state index in [1.54, 1.807) is 24.3 Å². The lowest BCUT2D eigenvalue weighted by Gasteiger charge is -2.11. The van der Waals surface area contributed by atoms with Crippen LogP contribution >= 0.6 is 0 Å². The summed E-state index contributed by atoms with van der Waals surface area (Å²) in [7, 11) is -6.95. The molecule has 19 heavy (non-hydrogen) atoms. The van der Waals surface area contributed by atoms with Crippen molar-refractivity contribution in [1.29, 1.82) is 0 Å². The van der Waals surface area contributed by atoms with Gasteiger partial charge in [0.05, 0.1) is 27.8 Å². The van der Waals surface area contributed by atoms with Crippen LogP contribution in [0.4, 0.5) is 0 Å². The Bertz CT molecular complexity index is 836. The zero-order valence-corrected chi connectivity index (χ0v) is 11.6. The van der Waals surface area contributed by atoms with Crippen LogP contribution in [0.25, 0.3) is 11.0 Å². The average Bonchev–Trinajstić information content (AvgIpc) is 2.92. The van der Waals surface area contributed by atoms with Crippen molar-refractivity contribution in [3.05, 3.63) is 30.6 Å². The van der Waals surface area contributed by atoms with Gasteiger partial charge in [0.25, 0.3) is 0 Å². The molecule has 1 saturated heterocycles. The van der Waals surface area contributed by atoms with Gasteiger partial charge < -0.3 is 0 Å². The standard InChI is InChI=1S/C11H12N2O4S2/c14-18(15)6-5-9(7-18)19(16,17)13-8-12-10-3-1-2-4-11(10)13/h1-4,8-9H,5-7H2/t9-/m0/s1. The van der Waals surface area contributed by atoms with Crippen molar-refractivity contribution < 1.29 is 16.8 Å². The maximum atomic E-state index is 12.5. The van der Waals surface area contributed by atoms with E-state index in [-0.39, 0.29) is 17.9 Å². The van der Waals surface area contributed by atoms with E-state index in [2.05, 4.69) is 4.98 Å². The van der Waals surface area contributed by atoms with Gasteiger partial charge in [0.1, 0.15) is 6.33 Å². The zero-order chi connectivity index (χ0) is 13.7. The molecule has 0 bridgehead atoms. The summed E-state index contributed by atoms with van der Waals surface area (Å²) in [6, 6.07) is 6.86. The quantitative estimate of drug-likeness (QED) is 0.801. The normalized spacial score (nSPS) is 22.8. The van der Waals surface area contributed by atoms with Gasteiger partial charge in [0.15, 0.2) is 9.84 Å². The molecule has 0 saturated carbocycles. The van der Waals surface area contributed by atoms with Gasteiger partial charge in [-0.3, -0.25) is 0 Å². The SMILES string of the molecule is O=S1(=O)CC[C@H](S(=O)(=O)n2cnc3ccccc32)C1. The second kappa shape index (κ2) is 4.04. The molecule has 0 radical (unpaired) electrons. The fraction of sp³-hybridized carbons (Fsp3) is 0.364. The molecule has 1 aliphatic rings. The van der Waals surface area contributed by atoms with Crippen LogP contribution in [0, 0.1) is 0 Å². The first-order chi connectivity index (χ1) is 8.90. The number of rotatable bonds is 2. The van der Waals surface area contributed by atoms with E-state index < -0.39 is 25.1 Å². The van der Waals surface area contributed by atoms with Crippen LogP contribution in [0.15, 0.2) is 30.6 Å². The van der Waals surface area contributed by atoms with Crippen molar-refractivity contribution in [3.8, 4) is 0 Å². The number of benzene rings is 1. The van der Waals surface area contributed by atoms with Gasteiger partial charge in [-0.25, -0.2) is 25.8 Å². The van der Waals surface area contributed by atoms with Crippen molar-refractivity contribution in [1.82, 2.24) is 8.96 Å². The van der Waals surface area contributed by atoms with E-state index in [4.69, 9.17) is 0 Å². The number of hydrogen-bond acceptors (Lipinski definition) is 5. The summed E-state index contributed by atoms with van der Waals surface area (Å²) in [6.07, 6.45) is 1.39. The Hall–Kier alpha value is -1.41. The van der Waals surface area contributed by atoms with Crippen LogP contribution in [0.3, 0.4) is 0 Å². The third-order valence-corrected chi connectivity index (χ3v) is 7.37. The van der Waals surface area contributed by atoms with E-state index in [9.17, 15) is 16.8 Å². The number of fused-ring (bicyclic) bond motifs is 1. The lowest BCUT2D eigenvalue weighted by Crippen LogP contribution is -2.28. The molecule has 6 nitrogen and oxygen atoms in total. The number of aromatic nitrogens is 2. The van der Waals surface area contributed by atoms with Gasteiger partial charge in [0.2, 0.25) is 10.0 Å². The summed E-state index contributed by atoms with van der Waals surface area (Å²) in [5, 5.41) is -0.880. The number of sulfone groups is 1. The molecule has 1 aromatic carbocycles. The summed E-state index contributed by atoms with van der Waals surface area (Å²) in [5.74, 6) is -0.370. The predicted molar refractivity (Wildman–Crippen MR) is 71.1 cm³/mol. The highest BCUT2D eigenvalue weighted by molar-refractivity contribution is 7.95. The second-order valence-electron chi connectivity index (χ2n) is 4.60. The molecule has 1 fully saturated rings. The molecule has 2 heterocycles. The fourth-order valence-electron chi connectivity index (χ4n) is 2.30. The molecule has 0 spiro atoms. The molecule has 1 atom stereocenters. The van der Waals surface area contributed by atoms with Crippen LogP contribution in [-0.2, 0) is 19.9 Å². The third-order valence-electron chi connectivity index (χ3n) is 3.31. The van der Waals surface area contributed by atoms with Gasteiger partial charge in [-0.2, -0.15) is 0 Å². The minimum atomic E-state index is -3.72. The highest BCUT2D eigenvalue weighted by Crippen LogP contribution is 2.23. The van der Waals surface area contributed by atoms with E-state index >= 15 is 0 Å². The Morgan fingerprint density at radius 3 is 2.68 bits per heavy atom. The summed E-state index contributed by atoms with van der Waals surface area (Å²) in [5.41, 5.74) is 1.05. The molecule has 0 unspecified atom stereocenters. The Labute approximate surface area is 111 Å². The average molecular weight is 300 g/mol. The first-order valence-corrected chi connectivity index (χ1v) is 9.09. The number of nitrogens with zero attached hydrogens (tertiary/aromatic N) is 2. The second-order valence-corrected chi connectivity index (χ2v) is 8.92. The summed E-state index contributed by atoms with van der Waals surface area (Å²) in [4.78, 5) is 4.03. The van der Waals surface area contributed by atoms with Crippen LogP contribution in [0.5, 0.6) is 0 Å². The minimum absolute atomic E-state index is 0.0659. The van der Waals surface area contributed by atoms with E-state index in [1.807, 2.05) is 0 Å². The highest BCUT2D eigenvalue weighted by Gasteiger charge is 2.38. The van der Waals surface area contributed by atoms with Crippen molar-refractivity contribution in [2.24, 2.45) is 0 Å². The Balaban J connectivity index is 2.11. The molecule has 0 aliphatic carbocycles. The molecule has 1 aromatic heterocycles. The Morgan fingerprint density at radius 1 is 1.26 bits per heavy atom. The predicted octanol–water partition coefficient (Wildman–Crippen LogP) is 0.401. The van der Waals surface area contributed by atoms with E-state index in [0.29, 0.717) is 11.0 Å². The van der Waals surface area contributed by atoms with Crippen molar-refractivity contribution >= 4 is 30.9 Å².